The first-order valence-electron chi connectivity index (χ1n) is 4.90. The Hall–Kier alpha value is -1.00. The Morgan fingerprint density at radius 1 is 1.67 bits per heavy atom. The van der Waals surface area contributed by atoms with Gasteiger partial charge in [-0.05, 0) is 31.5 Å². The summed E-state index contributed by atoms with van der Waals surface area (Å²) in [5.41, 5.74) is 0. The molecule has 2 heterocycles. The van der Waals surface area contributed by atoms with Crippen molar-refractivity contribution in [2.24, 2.45) is 0 Å². The highest BCUT2D eigenvalue weighted by atomic mass is 35.5. The van der Waals surface area contributed by atoms with Gasteiger partial charge in [-0.1, -0.05) is 0 Å². The maximum absolute atomic E-state index is 11.5. The van der Waals surface area contributed by atoms with E-state index in [2.05, 4.69) is 10.6 Å². The minimum Gasteiger partial charge on any atom is -0.467 e. The molecule has 1 atom stereocenters. The van der Waals surface area contributed by atoms with Crippen LogP contribution in [0.25, 0.3) is 0 Å². The van der Waals surface area contributed by atoms with Crippen molar-refractivity contribution in [2.45, 2.75) is 25.4 Å². The van der Waals surface area contributed by atoms with Crippen LogP contribution in [0.2, 0.25) is 0 Å². The van der Waals surface area contributed by atoms with Crippen molar-refractivity contribution in [3.63, 3.8) is 0 Å². The molecular weight excluding hydrogens is 216 g/mol. The number of halogens is 1. The lowest BCUT2D eigenvalue weighted by molar-refractivity contribution is -0.123. The summed E-state index contributed by atoms with van der Waals surface area (Å²) in [5, 5.41) is 5.98. The zero-order valence-corrected chi connectivity index (χ0v) is 9.18. The summed E-state index contributed by atoms with van der Waals surface area (Å²) in [6.07, 6.45) is 3.62. The van der Waals surface area contributed by atoms with Crippen LogP contribution in [-0.4, -0.2) is 18.5 Å². The van der Waals surface area contributed by atoms with Gasteiger partial charge in [-0.2, -0.15) is 0 Å². The summed E-state index contributed by atoms with van der Waals surface area (Å²) in [6.45, 7) is 1.42. The van der Waals surface area contributed by atoms with Gasteiger partial charge < -0.3 is 15.1 Å². The molecule has 1 fully saturated rings. The molecule has 0 radical (unpaired) electrons. The van der Waals surface area contributed by atoms with Gasteiger partial charge in [0.15, 0.2) is 0 Å². The molecule has 0 saturated carbocycles. The third-order valence-electron chi connectivity index (χ3n) is 2.39. The Morgan fingerprint density at radius 3 is 3.13 bits per heavy atom. The lowest BCUT2D eigenvalue weighted by atomic mass is 10.2. The van der Waals surface area contributed by atoms with Crippen LogP contribution in [0.3, 0.4) is 0 Å². The standard InChI is InChI=1S/C10H14N2O2.ClH/c13-10(9-4-1-5-11-9)12-7-8-3-2-6-14-8;/h2-3,6,9,11H,1,4-5,7H2,(H,12,13);1H. The summed E-state index contributed by atoms with van der Waals surface area (Å²) in [5.74, 6) is 0.857. The third-order valence-corrected chi connectivity index (χ3v) is 2.39. The monoisotopic (exact) mass is 230 g/mol. The van der Waals surface area contributed by atoms with Crippen LogP contribution in [0.15, 0.2) is 22.8 Å². The van der Waals surface area contributed by atoms with Crippen LogP contribution in [-0.2, 0) is 11.3 Å². The van der Waals surface area contributed by atoms with Crippen LogP contribution >= 0.6 is 12.4 Å². The average Bonchev–Trinajstić information content (AvgIpc) is 2.87. The van der Waals surface area contributed by atoms with Crippen molar-refractivity contribution in [2.75, 3.05) is 6.54 Å². The first-order chi connectivity index (χ1) is 6.86. The van der Waals surface area contributed by atoms with Crippen LogP contribution in [0.5, 0.6) is 0 Å². The smallest absolute Gasteiger partial charge is 0.237 e. The van der Waals surface area contributed by atoms with Gasteiger partial charge in [0.05, 0.1) is 18.8 Å². The molecule has 0 aliphatic carbocycles. The molecule has 1 aromatic rings. The Kier molecular flexibility index (Phi) is 4.65. The maximum Gasteiger partial charge on any atom is 0.237 e. The van der Waals surface area contributed by atoms with Crippen LogP contribution in [0.4, 0.5) is 0 Å². The van der Waals surface area contributed by atoms with Crippen molar-refractivity contribution < 1.29 is 9.21 Å². The molecule has 15 heavy (non-hydrogen) atoms. The molecule has 1 saturated heterocycles. The summed E-state index contributed by atoms with van der Waals surface area (Å²) in [4.78, 5) is 11.5. The van der Waals surface area contributed by atoms with Crippen molar-refractivity contribution in [3.05, 3.63) is 24.2 Å². The maximum atomic E-state index is 11.5. The summed E-state index contributed by atoms with van der Waals surface area (Å²) in [6, 6.07) is 3.66. The molecule has 1 aromatic heterocycles. The van der Waals surface area contributed by atoms with Crippen molar-refractivity contribution >= 4 is 18.3 Å². The van der Waals surface area contributed by atoms with Gasteiger partial charge in [0, 0.05) is 0 Å². The molecule has 1 aliphatic rings. The molecule has 5 heteroatoms. The fourth-order valence-corrected chi connectivity index (χ4v) is 1.62. The highest BCUT2D eigenvalue weighted by Gasteiger charge is 2.21. The second-order valence-corrected chi connectivity index (χ2v) is 3.45. The van der Waals surface area contributed by atoms with Gasteiger partial charge in [-0.3, -0.25) is 4.79 Å². The molecule has 1 amide bonds. The zero-order chi connectivity index (χ0) is 9.80. The second-order valence-electron chi connectivity index (χ2n) is 3.45. The molecule has 1 unspecified atom stereocenters. The molecule has 0 bridgehead atoms. The third kappa shape index (κ3) is 3.25. The predicted molar refractivity (Wildman–Crippen MR) is 58.8 cm³/mol. The number of hydrogen-bond donors (Lipinski definition) is 2. The van der Waals surface area contributed by atoms with Crippen LogP contribution < -0.4 is 10.6 Å². The van der Waals surface area contributed by atoms with E-state index in [1.165, 1.54) is 0 Å². The molecule has 2 N–H and O–H groups in total. The van der Waals surface area contributed by atoms with E-state index in [4.69, 9.17) is 4.42 Å². The minimum atomic E-state index is -0.00929. The number of furan rings is 1. The number of amides is 1. The van der Waals surface area contributed by atoms with E-state index in [1.54, 1.807) is 6.26 Å². The van der Waals surface area contributed by atoms with Gasteiger partial charge in [-0.25, -0.2) is 0 Å². The highest BCUT2D eigenvalue weighted by molar-refractivity contribution is 5.85. The van der Waals surface area contributed by atoms with Crippen molar-refractivity contribution in [3.8, 4) is 0 Å². The number of rotatable bonds is 3. The number of carbonyl (C=O) groups excluding carboxylic acids is 1. The van der Waals surface area contributed by atoms with E-state index in [0.29, 0.717) is 6.54 Å². The van der Waals surface area contributed by atoms with E-state index in [1.807, 2.05) is 12.1 Å². The molecule has 4 nitrogen and oxygen atoms in total. The fraction of sp³-hybridized carbons (Fsp3) is 0.500. The van der Waals surface area contributed by atoms with Gasteiger partial charge in [-0.15, -0.1) is 12.4 Å². The molecular formula is C10H15ClN2O2. The first kappa shape index (κ1) is 12.1. The lowest BCUT2D eigenvalue weighted by Crippen LogP contribution is -2.39. The Bertz CT molecular complexity index is 294. The van der Waals surface area contributed by atoms with Gasteiger partial charge in [0.1, 0.15) is 5.76 Å². The quantitative estimate of drug-likeness (QED) is 0.817. The molecule has 0 spiro atoms. The molecule has 0 aromatic carbocycles. The fourth-order valence-electron chi connectivity index (χ4n) is 1.62. The van der Waals surface area contributed by atoms with E-state index in [0.717, 1.165) is 25.1 Å². The van der Waals surface area contributed by atoms with E-state index >= 15 is 0 Å². The van der Waals surface area contributed by atoms with E-state index < -0.39 is 0 Å². The predicted octanol–water partition coefficient (Wildman–Crippen LogP) is 1.07. The SMILES string of the molecule is Cl.O=C(NCc1ccco1)C1CCCN1. The van der Waals surface area contributed by atoms with Crippen LogP contribution in [0.1, 0.15) is 18.6 Å². The molecule has 2 rings (SSSR count). The number of hydrogen-bond acceptors (Lipinski definition) is 3. The van der Waals surface area contributed by atoms with Gasteiger partial charge in [0.2, 0.25) is 5.91 Å². The molecule has 1 aliphatic heterocycles. The zero-order valence-electron chi connectivity index (χ0n) is 8.36. The van der Waals surface area contributed by atoms with Crippen LogP contribution in [0, 0.1) is 0 Å². The summed E-state index contributed by atoms with van der Waals surface area (Å²) >= 11 is 0. The summed E-state index contributed by atoms with van der Waals surface area (Å²) < 4.78 is 5.11. The second kappa shape index (κ2) is 5.78. The number of carbonyl (C=O) groups is 1. The van der Waals surface area contributed by atoms with Gasteiger partial charge >= 0.3 is 0 Å². The minimum absolute atomic E-state index is 0. The lowest BCUT2D eigenvalue weighted by Gasteiger charge is -2.09. The van der Waals surface area contributed by atoms with Crippen molar-refractivity contribution in [1.29, 1.82) is 0 Å². The van der Waals surface area contributed by atoms with Gasteiger partial charge in [0.25, 0.3) is 0 Å². The van der Waals surface area contributed by atoms with E-state index in [9.17, 15) is 4.79 Å². The largest absolute Gasteiger partial charge is 0.467 e. The highest BCUT2D eigenvalue weighted by Crippen LogP contribution is 2.05. The number of nitrogens with one attached hydrogen (secondary N) is 2. The molecule has 84 valence electrons. The van der Waals surface area contributed by atoms with Crippen molar-refractivity contribution in [1.82, 2.24) is 10.6 Å². The normalized spacial score (nSPS) is 19.6. The Morgan fingerprint density at radius 2 is 2.53 bits per heavy atom. The topological polar surface area (TPSA) is 54.3 Å². The summed E-state index contributed by atoms with van der Waals surface area (Å²) in [7, 11) is 0. The first-order valence-corrected chi connectivity index (χ1v) is 4.90. The Labute approximate surface area is 94.8 Å². The average molecular weight is 231 g/mol. The van der Waals surface area contributed by atoms with E-state index in [-0.39, 0.29) is 24.4 Å². The Balaban J connectivity index is 0.00000112.